The Hall–Kier alpha value is -1.44. The molecule has 0 aliphatic rings. The summed E-state index contributed by atoms with van der Waals surface area (Å²) >= 11 is 0. The molecule has 0 fully saturated rings. The Bertz CT molecular complexity index is 381. The van der Waals surface area contributed by atoms with Gasteiger partial charge in [-0.15, -0.1) is 0 Å². The first-order valence-electron chi connectivity index (χ1n) is 3.55. The summed E-state index contributed by atoms with van der Waals surface area (Å²) in [5.74, 6) is 0. The van der Waals surface area contributed by atoms with E-state index in [9.17, 15) is 0 Å². The van der Waals surface area contributed by atoms with Gasteiger partial charge >= 0.3 is 0 Å². The SMILES string of the molecule is [2H]c1nncc2ccccc12. The molecule has 0 saturated heterocycles. The van der Waals surface area contributed by atoms with E-state index in [1.807, 2.05) is 24.3 Å². The number of hydrogen-bond acceptors (Lipinski definition) is 2. The Morgan fingerprint density at radius 2 is 1.90 bits per heavy atom. The normalized spacial score (nSPS) is 11.4. The monoisotopic (exact) mass is 131 g/mol. The van der Waals surface area contributed by atoms with Crippen molar-refractivity contribution < 1.29 is 1.37 Å². The van der Waals surface area contributed by atoms with Gasteiger partial charge in [0.1, 0.15) is 0 Å². The van der Waals surface area contributed by atoms with Gasteiger partial charge in [-0.3, -0.25) is 0 Å². The highest BCUT2D eigenvalue weighted by molar-refractivity contribution is 5.80. The highest BCUT2D eigenvalue weighted by atomic mass is 15.1. The van der Waals surface area contributed by atoms with Crippen LogP contribution in [0.2, 0.25) is 0 Å². The third-order valence-electron chi connectivity index (χ3n) is 1.39. The molecule has 10 heavy (non-hydrogen) atoms. The lowest BCUT2D eigenvalue weighted by Crippen LogP contribution is -1.77. The molecule has 0 atom stereocenters. The lowest BCUT2D eigenvalue weighted by atomic mass is 10.2. The largest absolute Gasteiger partial charge is 0.158 e. The van der Waals surface area contributed by atoms with Crippen molar-refractivity contribution in [1.82, 2.24) is 10.2 Å². The zero-order valence-electron chi connectivity index (χ0n) is 6.28. The van der Waals surface area contributed by atoms with Gasteiger partial charge in [0.05, 0.1) is 13.7 Å². The van der Waals surface area contributed by atoms with Crippen LogP contribution < -0.4 is 0 Å². The first-order valence-corrected chi connectivity index (χ1v) is 3.05. The first kappa shape index (κ1) is 4.39. The zero-order valence-corrected chi connectivity index (χ0v) is 5.28. The molecular formula is C8H6N2. The van der Waals surface area contributed by atoms with E-state index < -0.39 is 0 Å². The first-order chi connectivity index (χ1) is 5.38. The van der Waals surface area contributed by atoms with E-state index in [0.29, 0.717) is 0 Å². The van der Waals surface area contributed by atoms with Crippen LogP contribution in [0.5, 0.6) is 0 Å². The number of nitrogens with zero attached hydrogens (tertiary/aromatic N) is 2. The Morgan fingerprint density at radius 1 is 1.10 bits per heavy atom. The van der Waals surface area contributed by atoms with Gasteiger partial charge in [0.25, 0.3) is 0 Å². The minimum Gasteiger partial charge on any atom is -0.158 e. The number of hydrogen-bond donors (Lipinski definition) is 0. The number of fused-ring (bicyclic) bond motifs is 1. The van der Waals surface area contributed by atoms with Gasteiger partial charge in [-0.2, -0.15) is 10.2 Å². The molecule has 0 saturated carbocycles. The highest BCUT2D eigenvalue weighted by Crippen LogP contribution is 2.08. The van der Waals surface area contributed by atoms with Gasteiger partial charge in [-0.25, -0.2) is 0 Å². The van der Waals surface area contributed by atoms with Crippen LogP contribution in [0.25, 0.3) is 10.8 Å². The molecule has 2 nitrogen and oxygen atoms in total. The maximum absolute atomic E-state index is 7.39. The van der Waals surface area contributed by atoms with Crippen molar-refractivity contribution in [2.75, 3.05) is 0 Å². The van der Waals surface area contributed by atoms with E-state index in [-0.39, 0.29) is 6.17 Å². The number of rotatable bonds is 0. The lowest BCUT2D eigenvalue weighted by Gasteiger charge is -1.90. The minimum absolute atomic E-state index is 0.239. The molecule has 2 heteroatoms. The predicted molar refractivity (Wildman–Crippen MR) is 39.5 cm³/mol. The lowest BCUT2D eigenvalue weighted by molar-refractivity contribution is 1.05. The number of benzene rings is 1. The molecule has 0 aliphatic heterocycles. The van der Waals surface area contributed by atoms with Crippen LogP contribution in [0.15, 0.2) is 36.6 Å². The van der Waals surface area contributed by atoms with Crippen molar-refractivity contribution >= 4 is 10.8 Å². The summed E-state index contributed by atoms with van der Waals surface area (Å²) in [4.78, 5) is 0. The van der Waals surface area contributed by atoms with Gasteiger partial charge in [0, 0.05) is 10.8 Å². The van der Waals surface area contributed by atoms with Crippen molar-refractivity contribution in [3.63, 3.8) is 0 Å². The van der Waals surface area contributed by atoms with Crippen LogP contribution in [0.4, 0.5) is 0 Å². The summed E-state index contributed by atoms with van der Waals surface area (Å²) in [5, 5.41) is 9.11. The molecule has 0 amide bonds. The zero-order chi connectivity index (χ0) is 7.68. The fourth-order valence-corrected chi connectivity index (χ4v) is 0.885. The molecule has 48 valence electrons. The summed E-state index contributed by atoms with van der Waals surface area (Å²) in [6.45, 7) is 0. The molecule has 1 aromatic carbocycles. The van der Waals surface area contributed by atoms with Gasteiger partial charge in [-0.1, -0.05) is 24.3 Å². The highest BCUT2D eigenvalue weighted by Gasteiger charge is 1.87. The molecule has 2 aromatic rings. The predicted octanol–water partition coefficient (Wildman–Crippen LogP) is 1.63. The second kappa shape index (κ2) is 2.06. The molecule has 0 bridgehead atoms. The van der Waals surface area contributed by atoms with Crippen LogP contribution in [-0.2, 0) is 0 Å². The molecular weight excluding hydrogens is 124 g/mol. The molecule has 1 aromatic heterocycles. The fourth-order valence-electron chi connectivity index (χ4n) is 0.885. The van der Waals surface area contributed by atoms with Gasteiger partial charge in [0.2, 0.25) is 0 Å². The van der Waals surface area contributed by atoms with E-state index in [1.54, 1.807) is 6.20 Å². The Balaban J connectivity index is 2.91. The van der Waals surface area contributed by atoms with Crippen LogP contribution in [0, 0.1) is 0 Å². The quantitative estimate of drug-likeness (QED) is 0.543. The Kier molecular flexibility index (Phi) is 0.905. The number of aromatic nitrogens is 2. The minimum atomic E-state index is 0.239. The van der Waals surface area contributed by atoms with Gasteiger partial charge < -0.3 is 0 Å². The Labute approximate surface area is 59.9 Å². The van der Waals surface area contributed by atoms with Crippen LogP contribution in [0.1, 0.15) is 1.37 Å². The maximum Gasteiger partial charge on any atom is 0.0867 e. The van der Waals surface area contributed by atoms with Crippen LogP contribution in [0.3, 0.4) is 0 Å². The van der Waals surface area contributed by atoms with E-state index in [0.717, 1.165) is 10.8 Å². The molecule has 0 unspecified atom stereocenters. The molecule has 0 radical (unpaired) electrons. The molecule has 0 aliphatic carbocycles. The van der Waals surface area contributed by atoms with Gasteiger partial charge in [-0.05, 0) is 0 Å². The summed E-state index contributed by atoms with van der Waals surface area (Å²) in [7, 11) is 0. The van der Waals surface area contributed by atoms with Crippen LogP contribution in [-0.4, -0.2) is 10.2 Å². The second-order valence-corrected chi connectivity index (χ2v) is 2.04. The van der Waals surface area contributed by atoms with Crippen molar-refractivity contribution in [3.05, 3.63) is 36.6 Å². The average Bonchev–Trinajstić information content (AvgIpc) is 2.06. The van der Waals surface area contributed by atoms with E-state index in [1.165, 1.54) is 0 Å². The van der Waals surface area contributed by atoms with E-state index in [2.05, 4.69) is 10.2 Å². The van der Waals surface area contributed by atoms with Crippen molar-refractivity contribution in [2.45, 2.75) is 0 Å². The second-order valence-electron chi connectivity index (χ2n) is 2.04. The fraction of sp³-hybridized carbons (Fsp3) is 0. The van der Waals surface area contributed by atoms with Crippen molar-refractivity contribution in [3.8, 4) is 0 Å². The maximum atomic E-state index is 7.39. The smallest absolute Gasteiger partial charge is 0.0867 e. The summed E-state index contributed by atoms with van der Waals surface area (Å²) in [6.07, 6.45) is 1.90. The van der Waals surface area contributed by atoms with Gasteiger partial charge in [0.15, 0.2) is 0 Å². The third-order valence-corrected chi connectivity index (χ3v) is 1.39. The summed E-state index contributed by atoms with van der Waals surface area (Å²) in [5.41, 5.74) is 0. The topological polar surface area (TPSA) is 25.8 Å². The van der Waals surface area contributed by atoms with E-state index in [4.69, 9.17) is 1.37 Å². The van der Waals surface area contributed by atoms with Crippen LogP contribution >= 0.6 is 0 Å². The van der Waals surface area contributed by atoms with Crippen molar-refractivity contribution in [2.24, 2.45) is 0 Å². The average molecular weight is 131 g/mol. The molecule has 2 rings (SSSR count). The molecule has 1 heterocycles. The van der Waals surface area contributed by atoms with Crippen molar-refractivity contribution in [1.29, 1.82) is 0 Å². The standard InChI is InChI=1S/C8H6N2/c1-2-4-8-6-10-9-5-7(8)3-1/h1-6H/i5D. The summed E-state index contributed by atoms with van der Waals surface area (Å²) < 4.78 is 7.39. The molecule has 0 spiro atoms. The molecule has 0 N–H and O–H groups in total. The van der Waals surface area contributed by atoms with E-state index >= 15 is 0 Å². The Morgan fingerprint density at radius 3 is 2.70 bits per heavy atom. The summed E-state index contributed by atoms with van der Waals surface area (Å²) in [6, 6.07) is 7.60. The third kappa shape index (κ3) is 0.739.